The van der Waals surface area contributed by atoms with E-state index in [1.807, 2.05) is 29.8 Å². The van der Waals surface area contributed by atoms with E-state index in [1.54, 1.807) is 17.4 Å². The minimum Gasteiger partial charge on any atom is -0.453 e. The number of aliphatic hydroxyl groups excluding tert-OH is 1. The zero-order valence-electron chi connectivity index (χ0n) is 45.5. The molecule has 3 aliphatic heterocycles. The van der Waals surface area contributed by atoms with Gasteiger partial charge in [0.05, 0.1) is 67.8 Å². The van der Waals surface area contributed by atoms with Gasteiger partial charge in [0.25, 0.3) is 5.91 Å². The van der Waals surface area contributed by atoms with Crippen LogP contribution in [-0.4, -0.2) is 156 Å². The zero-order valence-corrected chi connectivity index (χ0v) is 45.5. The lowest BCUT2D eigenvalue weighted by Gasteiger charge is -2.48. The predicted octanol–water partition coefficient (Wildman–Crippen LogP) is 6.93. The third-order valence-electron chi connectivity index (χ3n) is 15.1. The van der Waals surface area contributed by atoms with E-state index in [0.29, 0.717) is 79.8 Å². The van der Waals surface area contributed by atoms with Crippen LogP contribution >= 0.6 is 0 Å². The molecule has 2 aromatic heterocycles. The third-order valence-corrected chi connectivity index (χ3v) is 15.1. The Hall–Kier alpha value is -7.22. The molecule has 7 rings (SSSR count). The molecule has 82 heavy (non-hydrogen) atoms. The highest BCUT2D eigenvalue weighted by Crippen LogP contribution is 2.42. The van der Waals surface area contributed by atoms with Crippen LogP contribution in [0.4, 0.5) is 59.3 Å². The number of carbonyl (C=O) groups excluding carboxylic acids is 4. The number of hydrogen-bond donors (Lipinski definition) is 5. The Bertz CT molecular complexity index is 2980. The normalized spacial score (nSPS) is 18.4. The lowest BCUT2D eigenvalue weighted by molar-refractivity contribution is -0.221. The number of alkyl carbamates (subject to hydrolysis) is 2. The Labute approximate surface area is 465 Å². The molecule has 2 aromatic carbocycles. The second-order valence-electron chi connectivity index (χ2n) is 21.4. The van der Waals surface area contributed by atoms with Gasteiger partial charge in [-0.2, -0.15) is 40.2 Å². The highest BCUT2D eigenvalue weighted by molar-refractivity contribution is 5.87. The standard InChI is InChI=1S/C54H62F10N10O8/c1-29-32(14-17-43(65-29)71-23-34-15-16-35(24-71)74(34)36-27-82-28-36)13-12-30-8-10-31(11-9-30)20-41(66-46(76)44(67-49(78)80-6)51(2,3)53(59,60)61)42(75)26-72(70-47(77)45(68-50(79)81-7)52(4,5)54(62,63)64)25-37-38(55)21-33(22-39(37)56)40-18-19-73(69-40)48(57)58/h8-11,14,17-19,21-22,34-36,41-42,44-45,48,75H,15-16,20,23-28H2,1-7H3,(H,66,76)(H,67,78)(H,68,79)(H,70,77)/t34?,35?,41-,42-,44+,45+/m0/s1. The molecule has 2 unspecified atom stereocenters. The molecule has 6 atom stereocenters. The van der Waals surface area contributed by atoms with Crippen LogP contribution in [0.3, 0.4) is 0 Å². The average molecular weight is 1170 g/mol. The van der Waals surface area contributed by atoms with E-state index in [0.717, 1.165) is 71.4 Å². The predicted molar refractivity (Wildman–Crippen MR) is 274 cm³/mol. The fourth-order valence-corrected chi connectivity index (χ4v) is 9.88. The van der Waals surface area contributed by atoms with Crippen molar-refractivity contribution in [2.75, 3.05) is 52.0 Å². The minimum absolute atomic E-state index is 0.200. The van der Waals surface area contributed by atoms with E-state index in [9.17, 15) is 59.4 Å². The highest BCUT2D eigenvalue weighted by Gasteiger charge is 2.57. The first kappa shape index (κ1) is 62.4. The van der Waals surface area contributed by atoms with Gasteiger partial charge < -0.3 is 40.2 Å². The van der Waals surface area contributed by atoms with Crippen LogP contribution < -0.4 is 26.3 Å². The van der Waals surface area contributed by atoms with Gasteiger partial charge in [-0.05, 0) is 102 Å². The molecule has 28 heteroatoms. The van der Waals surface area contributed by atoms with Gasteiger partial charge in [0.1, 0.15) is 29.5 Å². The van der Waals surface area contributed by atoms with Crippen molar-refractivity contribution in [2.24, 2.45) is 10.8 Å². The van der Waals surface area contributed by atoms with Crippen LogP contribution in [0.15, 0.2) is 60.8 Å². The van der Waals surface area contributed by atoms with E-state index < -0.39 is 115 Å². The molecule has 18 nitrogen and oxygen atoms in total. The Morgan fingerprint density at radius 3 is 1.84 bits per heavy atom. The number of fused-ring (bicyclic) bond motifs is 2. The number of benzene rings is 2. The van der Waals surface area contributed by atoms with Crippen LogP contribution in [-0.2, 0) is 36.8 Å². The van der Waals surface area contributed by atoms with E-state index in [2.05, 4.69) is 41.5 Å². The van der Waals surface area contributed by atoms with Gasteiger partial charge in [-0.15, -0.1) is 0 Å². The lowest BCUT2D eigenvalue weighted by Crippen LogP contribution is -2.63. The molecule has 4 amide bonds. The van der Waals surface area contributed by atoms with Crippen molar-refractivity contribution in [1.82, 2.24) is 46.0 Å². The van der Waals surface area contributed by atoms with Crippen LogP contribution in [0.2, 0.25) is 0 Å². The number of hydrogen-bond acceptors (Lipinski definition) is 13. The molecule has 4 aromatic rings. The number of alkyl halides is 8. The number of nitrogens with one attached hydrogen (secondary N) is 4. The van der Waals surface area contributed by atoms with Crippen LogP contribution in [0.5, 0.6) is 0 Å². The van der Waals surface area contributed by atoms with Crippen LogP contribution in [0.25, 0.3) is 11.3 Å². The van der Waals surface area contributed by atoms with Gasteiger partial charge in [-0.1, -0.05) is 24.0 Å². The van der Waals surface area contributed by atoms with E-state index in [1.165, 1.54) is 12.1 Å². The monoisotopic (exact) mass is 1170 g/mol. The van der Waals surface area contributed by atoms with Crippen molar-refractivity contribution in [3.8, 4) is 23.1 Å². The topological polar surface area (TPSA) is 205 Å². The second-order valence-corrected chi connectivity index (χ2v) is 21.4. The van der Waals surface area contributed by atoms with Crippen molar-refractivity contribution < 1.29 is 82.4 Å². The molecule has 446 valence electrons. The number of halogens is 10. The van der Waals surface area contributed by atoms with Gasteiger partial charge >= 0.3 is 31.1 Å². The number of nitrogens with zero attached hydrogens (tertiary/aromatic N) is 6. The van der Waals surface area contributed by atoms with Crippen LogP contribution in [0, 0.1) is 41.2 Å². The number of piperazine rings is 1. The maximum atomic E-state index is 16.1. The highest BCUT2D eigenvalue weighted by atomic mass is 19.4. The largest absolute Gasteiger partial charge is 0.453 e. The number of carbonyl (C=O) groups is 4. The Kier molecular flexibility index (Phi) is 19.1. The molecule has 0 saturated carbocycles. The van der Waals surface area contributed by atoms with Gasteiger partial charge in [0.15, 0.2) is 0 Å². The molecule has 0 aliphatic carbocycles. The van der Waals surface area contributed by atoms with Crippen molar-refractivity contribution in [3.05, 3.63) is 100 Å². The quantitative estimate of drug-likeness (QED) is 0.0368. The first-order chi connectivity index (χ1) is 38.4. The lowest BCUT2D eigenvalue weighted by atomic mass is 9.82. The number of rotatable bonds is 19. The number of aliphatic hydroxyl groups is 1. The van der Waals surface area contributed by atoms with Crippen molar-refractivity contribution in [1.29, 1.82) is 0 Å². The summed E-state index contributed by atoms with van der Waals surface area (Å²) in [6, 6.07) is 6.70. The van der Waals surface area contributed by atoms with Gasteiger partial charge in [-0.3, -0.25) is 19.9 Å². The van der Waals surface area contributed by atoms with E-state index in [4.69, 9.17) is 9.72 Å². The number of aryl methyl sites for hydroxylation is 1. The first-order valence-electron chi connectivity index (χ1n) is 25.8. The summed E-state index contributed by atoms with van der Waals surface area (Å²) in [5, 5.41) is 22.1. The average Bonchev–Trinajstić information content (AvgIpc) is 4.15. The summed E-state index contributed by atoms with van der Waals surface area (Å²) < 4.78 is 161. The second kappa shape index (κ2) is 25.1. The zero-order chi connectivity index (χ0) is 60.2. The summed E-state index contributed by atoms with van der Waals surface area (Å²) >= 11 is 0. The summed E-state index contributed by atoms with van der Waals surface area (Å²) in [5.41, 5.74) is -3.68. The molecular formula is C54H62F10N10O8. The number of aromatic nitrogens is 3. The third kappa shape index (κ3) is 14.2. The summed E-state index contributed by atoms with van der Waals surface area (Å²) in [6.45, 7) is 1.88. The summed E-state index contributed by atoms with van der Waals surface area (Å²) in [7, 11) is 1.61. The fraction of sp³-hybridized carbons (Fsp3) is 0.519. The first-order valence-corrected chi connectivity index (χ1v) is 25.8. The number of methoxy groups -OCH3 is 2. The number of pyridine rings is 1. The fourth-order valence-electron chi connectivity index (χ4n) is 9.88. The van der Waals surface area contributed by atoms with Crippen molar-refractivity contribution in [3.63, 3.8) is 0 Å². The molecule has 5 heterocycles. The van der Waals surface area contributed by atoms with Crippen molar-refractivity contribution in [2.45, 2.75) is 122 Å². The van der Waals surface area contributed by atoms with Crippen molar-refractivity contribution >= 4 is 29.8 Å². The Morgan fingerprint density at radius 1 is 0.793 bits per heavy atom. The summed E-state index contributed by atoms with van der Waals surface area (Å²) in [5.74, 6) is 0.911. The number of ether oxygens (including phenoxy) is 3. The number of hydrazine groups is 1. The Balaban J connectivity index is 1.19. The van der Waals surface area contributed by atoms with Gasteiger partial charge in [-0.25, -0.2) is 33.0 Å². The van der Waals surface area contributed by atoms with Gasteiger partial charge in [0.2, 0.25) is 5.91 Å². The molecule has 0 radical (unpaired) electrons. The summed E-state index contributed by atoms with van der Waals surface area (Å²) in [6.07, 6.45) is -13.0. The molecule has 0 spiro atoms. The van der Waals surface area contributed by atoms with Crippen LogP contribution in [0.1, 0.15) is 75.0 Å². The van der Waals surface area contributed by atoms with E-state index >= 15 is 8.78 Å². The molecular weight excluding hydrogens is 1110 g/mol. The van der Waals surface area contributed by atoms with E-state index in [-0.39, 0.29) is 21.5 Å². The Morgan fingerprint density at radius 2 is 1.35 bits per heavy atom. The smallest absolute Gasteiger partial charge is 0.407 e. The summed E-state index contributed by atoms with van der Waals surface area (Å²) in [4.78, 5) is 62.7. The SMILES string of the molecule is COC(=O)N[C@H](C(=O)N[C@@H](Cc1ccc(C#Cc2ccc(N3CC4CCC(C3)N4C3COC3)nc2C)cc1)[C@@H](O)CN(Cc1c(F)cc(-c2ccn(C(F)F)n2)cc1F)NC(=O)[C@@H](NC(=O)OC)C(C)(C)C(F)(F)F)C(C)(C)C(F)(F)F. The maximum absolute atomic E-state index is 16.1. The maximum Gasteiger partial charge on any atom is 0.407 e. The molecule has 2 bridgehead atoms. The number of amides is 4. The number of anilines is 1. The molecule has 3 fully saturated rings. The molecule has 3 aliphatic rings. The molecule has 3 saturated heterocycles. The molecule has 5 N–H and O–H groups in total. The van der Waals surface area contributed by atoms with Gasteiger partial charge in [0, 0.05) is 66.7 Å². The minimum atomic E-state index is -5.23.